The van der Waals surface area contributed by atoms with E-state index in [1.54, 1.807) is 0 Å². The molecule has 3 heterocycles. The monoisotopic (exact) mass is 417 g/mol. The standard InChI is InChI=1S/C23H27N7O/c1-4-18-19(15-24)22(27-26-20(18)5-2)30-13-11-29(12-14-30)16(3)23-25-21(28-31-23)17-9-7-6-8-10-17/h6-10,16H,4-5,11-14H2,1-3H3. The minimum absolute atomic E-state index is 0.0160. The molecular weight excluding hydrogens is 390 g/mol. The van der Waals surface area contributed by atoms with E-state index in [0.29, 0.717) is 23.1 Å². The molecule has 1 fully saturated rings. The molecule has 1 aliphatic heterocycles. The zero-order chi connectivity index (χ0) is 21.8. The van der Waals surface area contributed by atoms with Crippen LogP contribution in [-0.4, -0.2) is 51.4 Å². The van der Waals surface area contributed by atoms with Gasteiger partial charge in [-0.25, -0.2) is 0 Å². The first-order valence-corrected chi connectivity index (χ1v) is 10.8. The van der Waals surface area contributed by atoms with Crippen LogP contribution in [0.2, 0.25) is 0 Å². The molecule has 1 aromatic carbocycles. The number of hydrogen-bond donors (Lipinski definition) is 0. The summed E-state index contributed by atoms with van der Waals surface area (Å²) in [5, 5.41) is 22.7. The van der Waals surface area contributed by atoms with Gasteiger partial charge in [-0.15, -0.1) is 5.10 Å². The first kappa shape index (κ1) is 20.9. The van der Waals surface area contributed by atoms with Crippen LogP contribution >= 0.6 is 0 Å². The number of hydrogen-bond acceptors (Lipinski definition) is 8. The predicted octanol–water partition coefficient (Wildman–Crippen LogP) is 3.41. The quantitative estimate of drug-likeness (QED) is 0.602. The molecule has 1 atom stereocenters. The topological polar surface area (TPSA) is 95.0 Å². The fourth-order valence-corrected chi connectivity index (χ4v) is 4.09. The summed E-state index contributed by atoms with van der Waals surface area (Å²) in [5.41, 5.74) is 3.55. The van der Waals surface area contributed by atoms with Gasteiger partial charge < -0.3 is 9.42 Å². The Morgan fingerprint density at radius 1 is 1.06 bits per heavy atom. The second-order valence-electron chi connectivity index (χ2n) is 7.66. The van der Waals surface area contributed by atoms with Crippen LogP contribution in [0.1, 0.15) is 49.5 Å². The van der Waals surface area contributed by atoms with Crippen molar-refractivity contribution in [3.05, 3.63) is 53.0 Å². The molecule has 0 aliphatic carbocycles. The molecular formula is C23H27N7O. The zero-order valence-electron chi connectivity index (χ0n) is 18.2. The van der Waals surface area contributed by atoms with E-state index in [9.17, 15) is 5.26 Å². The Hall–Kier alpha value is -3.31. The summed E-state index contributed by atoms with van der Waals surface area (Å²) >= 11 is 0. The number of anilines is 1. The molecule has 0 amide bonds. The van der Waals surface area contributed by atoms with Crippen LogP contribution in [-0.2, 0) is 12.8 Å². The van der Waals surface area contributed by atoms with E-state index in [2.05, 4.69) is 50.1 Å². The molecule has 1 saturated heterocycles. The summed E-state index contributed by atoms with van der Waals surface area (Å²) in [6, 6.07) is 12.2. The molecule has 3 aromatic rings. The van der Waals surface area contributed by atoms with Gasteiger partial charge in [0, 0.05) is 31.7 Å². The van der Waals surface area contributed by atoms with Gasteiger partial charge in [0.15, 0.2) is 5.82 Å². The summed E-state index contributed by atoms with van der Waals surface area (Å²) in [5.74, 6) is 1.93. The highest BCUT2D eigenvalue weighted by Crippen LogP contribution is 2.27. The van der Waals surface area contributed by atoms with Crippen molar-refractivity contribution in [3.8, 4) is 17.5 Å². The lowest BCUT2D eigenvalue weighted by Gasteiger charge is -2.37. The van der Waals surface area contributed by atoms with Gasteiger partial charge in [-0.2, -0.15) is 15.3 Å². The second kappa shape index (κ2) is 9.23. The number of nitrogens with zero attached hydrogens (tertiary/aromatic N) is 7. The molecule has 31 heavy (non-hydrogen) atoms. The maximum absolute atomic E-state index is 9.78. The van der Waals surface area contributed by atoms with Crippen LogP contribution in [0.3, 0.4) is 0 Å². The summed E-state index contributed by atoms with van der Waals surface area (Å²) in [7, 11) is 0. The van der Waals surface area contributed by atoms with Crippen molar-refractivity contribution in [2.75, 3.05) is 31.1 Å². The lowest BCUT2D eigenvalue weighted by molar-refractivity contribution is 0.164. The van der Waals surface area contributed by atoms with E-state index in [0.717, 1.165) is 55.8 Å². The van der Waals surface area contributed by atoms with Crippen LogP contribution in [0, 0.1) is 11.3 Å². The first-order chi connectivity index (χ1) is 15.2. The summed E-state index contributed by atoms with van der Waals surface area (Å²) in [6.45, 7) is 9.36. The third kappa shape index (κ3) is 4.14. The summed E-state index contributed by atoms with van der Waals surface area (Å²) < 4.78 is 5.56. The Kier molecular flexibility index (Phi) is 6.23. The van der Waals surface area contributed by atoms with E-state index < -0.39 is 0 Å². The molecule has 0 bridgehead atoms. The molecule has 1 unspecified atom stereocenters. The van der Waals surface area contributed by atoms with Crippen molar-refractivity contribution >= 4 is 5.82 Å². The fraction of sp³-hybridized carbons (Fsp3) is 0.435. The van der Waals surface area contributed by atoms with E-state index in [4.69, 9.17) is 4.52 Å². The van der Waals surface area contributed by atoms with Gasteiger partial charge in [-0.05, 0) is 25.3 Å². The highest BCUT2D eigenvalue weighted by atomic mass is 16.5. The fourth-order valence-electron chi connectivity index (χ4n) is 4.09. The van der Waals surface area contributed by atoms with E-state index in [-0.39, 0.29) is 6.04 Å². The lowest BCUT2D eigenvalue weighted by Crippen LogP contribution is -2.48. The maximum Gasteiger partial charge on any atom is 0.244 e. The predicted molar refractivity (Wildman–Crippen MR) is 117 cm³/mol. The molecule has 160 valence electrons. The van der Waals surface area contributed by atoms with Crippen molar-refractivity contribution in [2.24, 2.45) is 0 Å². The molecule has 0 spiro atoms. The van der Waals surface area contributed by atoms with E-state index >= 15 is 0 Å². The molecule has 8 heteroatoms. The second-order valence-corrected chi connectivity index (χ2v) is 7.66. The van der Waals surface area contributed by atoms with Gasteiger partial charge >= 0.3 is 0 Å². The van der Waals surface area contributed by atoms with E-state index in [1.807, 2.05) is 37.3 Å². The van der Waals surface area contributed by atoms with Crippen molar-refractivity contribution < 1.29 is 4.52 Å². The average Bonchev–Trinajstić information content (AvgIpc) is 3.33. The number of aryl methyl sites for hydroxylation is 1. The highest BCUT2D eigenvalue weighted by molar-refractivity contribution is 5.58. The third-order valence-electron chi connectivity index (χ3n) is 5.93. The number of rotatable bonds is 6. The lowest BCUT2D eigenvalue weighted by atomic mass is 10.0. The number of nitriles is 1. The number of aromatic nitrogens is 4. The van der Waals surface area contributed by atoms with Crippen LogP contribution in [0.25, 0.3) is 11.4 Å². The van der Waals surface area contributed by atoms with Gasteiger partial charge in [-0.1, -0.05) is 49.3 Å². The highest BCUT2D eigenvalue weighted by Gasteiger charge is 2.28. The third-order valence-corrected chi connectivity index (χ3v) is 5.93. The van der Waals surface area contributed by atoms with Crippen molar-refractivity contribution in [1.29, 1.82) is 5.26 Å². The number of piperazine rings is 1. The van der Waals surface area contributed by atoms with Gasteiger partial charge in [0.1, 0.15) is 11.6 Å². The molecule has 4 rings (SSSR count). The van der Waals surface area contributed by atoms with Crippen molar-refractivity contribution in [1.82, 2.24) is 25.2 Å². The van der Waals surface area contributed by atoms with Gasteiger partial charge in [0.2, 0.25) is 11.7 Å². The molecule has 8 nitrogen and oxygen atoms in total. The summed E-state index contributed by atoms with van der Waals surface area (Å²) in [6.07, 6.45) is 1.57. The normalized spacial score (nSPS) is 15.6. The minimum atomic E-state index is 0.0160. The van der Waals surface area contributed by atoms with Crippen LogP contribution in [0.4, 0.5) is 5.82 Å². The molecule has 0 saturated carbocycles. The smallest absolute Gasteiger partial charge is 0.244 e. The maximum atomic E-state index is 9.78. The Balaban J connectivity index is 1.46. The zero-order valence-corrected chi connectivity index (χ0v) is 18.2. The van der Waals surface area contributed by atoms with Crippen molar-refractivity contribution in [2.45, 2.75) is 39.7 Å². The first-order valence-electron chi connectivity index (χ1n) is 10.8. The van der Waals surface area contributed by atoms with Gasteiger partial charge in [0.05, 0.1) is 11.7 Å². The van der Waals surface area contributed by atoms with Crippen molar-refractivity contribution in [3.63, 3.8) is 0 Å². The van der Waals surface area contributed by atoms with Crippen LogP contribution in [0.15, 0.2) is 34.9 Å². The average molecular weight is 418 g/mol. The largest absolute Gasteiger partial charge is 0.351 e. The Labute approximate surface area is 182 Å². The van der Waals surface area contributed by atoms with Crippen LogP contribution in [0.5, 0.6) is 0 Å². The Morgan fingerprint density at radius 2 is 1.81 bits per heavy atom. The molecule has 0 N–H and O–H groups in total. The SMILES string of the molecule is CCc1nnc(N2CCN(C(C)c3nc(-c4ccccc4)no3)CC2)c(C#N)c1CC. The molecule has 0 radical (unpaired) electrons. The Bertz CT molecular complexity index is 1070. The van der Waals surface area contributed by atoms with Crippen LogP contribution < -0.4 is 4.90 Å². The van der Waals surface area contributed by atoms with Gasteiger partial charge in [0.25, 0.3) is 0 Å². The minimum Gasteiger partial charge on any atom is -0.351 e. The summed E-state index contributed by atoms with van der Waals surface area (Å²) in [4.78, 5) is 9.09. The molecule has 1 aliphatic rings. The molecule has 2 aromatic heterocycles. The Morgan fingerprint density at radius 3 is 2.45 bits per heavy atom. The van der Waals surface area contributed by atoms with Gasteiger partial charge in [-0.3, -0.25) is 4.90 Å². The van der Waals surface area contributed by atoms with E-state index in [1.165, 1.54) is 0 Å². The number of benzene rings is 1.